The summed E-state index contributed by atoms with van der Waals surface area (Å²) in [5.74, 6) is 0.983. The van der Waals surface area contributed by atoms with Crippen LogP contribution < -0.4 is 5.63 Å². The summed E-state index contributed by atoms with van der Waals surface area (Å²) < 4.78 is 11.5. The summed E-state index contributed by atoms with van der Waals surface area (Å²) in [6.45, 7) is 7.99. The monoisotopic (exact) mass is 332 g/mol. The van der Waals surface area contributed by atoms with Crippen LogP contribution in [0.1, 0.15) is 36.7 Å². The molecule has 0 amide bonds. The fourth-order valence-corrected chi connectivity index (χ4v) is 3.71. The normalized spacial score (nSPS) is 11.7. The Morgan fingerprint density at radius 3 is 2.24 bits per heavy atom. The van der Waals surface area contributed by atoms with Gasteiger partial charge < -0.3 is 8.83 Å². The fourth-order valence-electron chi connectivity index (χ4n) is 3.71. The van der Waals surface area contributed by atoms with Gasteiger partial charge in [-0.3, -0.25) is 0 Å². The zero-order valence-corrected chi connectivity index (χ0v) is 14.8. The van der Waals surface area contributed by atoms with Crippen molar-refractivity contribution in [2.24, 2.45) is 0 Å². The molecule has 0 saturated carbocycles. The standard InChI is InChI=1S/C22H20O3/c1-12(2)20-13(3)16-10-17-19(11-18(16)25-22(20)23)24-14(4)21(17)15-8-6-5-7-9-15/h5-12H,1-4H3. The van der Waals surface area contributed by atoms with Gasteiger partial charge >= 0.3 is 5.63 Å². The van der Waals surface area contributed by atoms with Gasteiger partial charge in [-0.25, -0.2) is 4.79 Å². The number of hydrogen-bond acceptors (Lipinski definition) is 3. The first-order valence-corrected chi connectivity index (χ1v) is 8.53. The molecule has 2 heterocycles. The second-order valence-corrected chi connectivity index (χ2v) is 6.83. The summed E-state index contributed by atoms with van der Waals surface area (Å²) in [5.41, 5.74) is 5.00. The molecular formula is C22H20O3. The van der Waals surface area contributed by atoms with Crippen molar-refractivity contribution in [3.63, 3.8) is 0 Å². The molecule has 0 aliphatic rings. The maximum Gasteiger partial charge on any atom is 0.339 e. The first-order valence-electron chi connectivity index (χ1n) is 8.53. The summed E-state index contributed by atoms with van der Waals surface area (Å²) in [5, 5.41) is 2.01. The highest BCUT2D eigenvalue weighted by molar-refractivity contribution is 6.03. The van der Waals surface area contributed by atoms with Crippen LogP contribution in [0.15, 0.2) is 56.1 Å². The largest absolute Gasteiger partial charge is 0.461 e. The highest BCUT2D eigenvalue weighted by Crippen LogP contribution is 2.37. The highest BCUT2D eigenvalue weighted by atomic mass is 16.4. The van der Waals surface area contributed by atoms with E-state index in [0.29, 0.717) is 5.58 Å². The molecule has 0 saturated heterocycles. The molecular weight excluding hydrogens is 312 g/mol. The first-order chi connectivity index (χ1) is 12.0. The van der Waals surface area contributed by atoms with Gasteiger partial charge in [-0.05, 0) is 37.0 Å². The molecule has 0 atom stereocenters. The predicted molar refractivity (Wildman–Crippen MR) is 101 cm³/mol. The lowest BCUT2D eigenvalue weighted by Gasteiger charge is -2.10. The van der Waals surface area contributed by atoms with E-state index >= 15 is 0 Å². The number of furan rings is 1. The van der Waals surface area contributed by atoms with E-state index in [-0.39, 0.29) is 11.5 Å². The zero-order valence-electron chi connectivity index (χ0n) is 14.8. The van der Waals surface area contributed by atoms with Crippen LogP contribution in [0.4, 0.5) is 0 Å². The summed E-state index contributed by atoms with van der Waals surface area (Å²) in [6.07, 6.45) is 0. The molecule has 25 heavy (non-hydrogen) atoms. The first kappa shape index (κ1) is 15.7. The van der Waals surface area contributed by atoms with Crippen LogP contribution in [0.5, 0.6) is 0 Å². The van der Waals surface area contributed by atoms with Gasteiger partial charge in [0.2, 0.25) is 0 Å². The van der Waals surface area contributed by atoms with Crippen molar-refractivity contribution in [2.45, 2.75) is 33.6 Å². The molecule has 3 nitrogen and oxygen atoms in total. The molecule has 2 aromatic heterocycles. The minimum absolute atomic E-state index is 0.121. The Balaban J connectivity index is 2.11. The van der Waals surface area contributed by atoms with Gasteiger partial charge in [-0.15, -0.1) is 0 Å². The third kappa shape index (κ3) is 2.39. The minimum Gasteiger partial charge on any atom is -0.461 e. The van der Waals surface area contributed by atoms with Gasteiger partial charge in [0.05, 0.1) is 0 Å². The number of rotatable bonds is 2. The summed E-state index contributed by atoms with van der Waals surface area (Å²) in [6, 6.07) is 14.1. The number of hydrogen-bond donors (Lipinski definition) is 0. The van der Waals surface area contributed by atoms with Crippen molar-refractivity contribution in [3.05, 3.63) is 69.8 Å². The smallest absolute Gasteiger partial charge is 0.339 e. The summed E-state index contributed by atoms with van der Waals surface area (Å²) in [7, 11) is 0. The molecule has 0 N–H and O–H groups in total. The van der Waals surface area contributed by atoms with Crippen LogP contribution in [0, 0.1) is 13.8 Å². The van der Waals surface area contributed by atoms with Gasteiger partial charge in [0.25, 0.3) is 0 Å². The number of aryl methyl sites for hydroxylation is 2. The van der Waals surface area contributed by atoms with Crippen LogP contribution in [0.3, 0.4) is 0 Å². The van der Waals surface area contributed by atoms with Crippen molar-refractivity contribution >= 4 is 21.9 Å². The lowest BCUT2D eigenvalue weighted by Crippen LogP contribution is -2.11. The molecule has 0 aliphatic carbocycles. The number of fused-ring (bicyclic) bond motifs is 2. The van der Waals surface area contributed by atoms with E-state index in [1.165, 1.54) is 0 Å². The molecule has 0 unspecified atom stereocenters. The lowest BCUT2D eigenvalue weighted by atomic mass is 9.95. The van der Waals surface area contributed by atoms with E-state index < -0.39 is 0 Å². The third-order valence-corrected chi connectivity index (χ3v) is 4.84. The maximum atomic E-state index is 12.3. The average molecular weight is 332 g/mol. The molecule has 0 fully saturated rings. The topological polar surface area (TPSA) is 43.4 Å². The number of benzene rings is 2. The summed E-state index contributed by atoms with van der Waals surface area (Å²) in [4.78, 5) is 12.3. The van der Waals surface area contributed by atoms with Gasteiger partial charge in [-0.2, -0.15) is 0 Å². The van der Waals surface area contributed by atoms with Gasteiger partial charge in [0, 0.05) is 28.0 Å². The van der Waals surface area contributed by atoms with Crippen molar-refractivity contribution < 1.29 is 8.83 Å². The van der Waals surface area contributed by atoms with E-state index in [4.69, 9.17) is 8.83 Å². The Kier molecular flexibility index (Phi) is 3.53. The van der Waals surface area contributed by atoms with Crippen LogP contribution in [-0.2, 0) is 0 Å². The fraction of sp³-hybridized carbons (Fsp3) is 0.227. The Morgan fingerprint density at radius 1 is 0.880 bits per heavy atom. The Morgan fingerprint density at radius 2 is 1.56 bits per heavy atom. The van der Waals surface area contributed by atoms with E-state index in [1.807, 2.05) is 52.0 Å². The predicted octanol–water partition coefficient (Wildman–Crippen LogP) is 5.95. The Hall–Kier alpha value is -2.81. The second-order valence-electron chi connectivity index (χ2n) is 6.83. The molecule has 126 valence electrons. The molecule has 4 aromatic rings. The van der Waals surface area contributed by atoms with Crippen LogP contribution in [-0.4, -0.2) is 0 Å². The molecule has 0 radical (unpaired) electrons. The Bertz CT molecular complexity index is 1150. The van der Waals surface area contributed by atoms with E-state index in [0.717, 1.165) is 44.4 Å². The van der Waals surface area contributed by atoms with E-state index in [1.54, 1.807) is 0 Å². The quantitative estimate of drug-likeness (QED) is 0.426. The van der Waals surface area contributed by atoms with Crippen LogP contribution >= 0.6 is 0 Å². The molecule has 3 heteroatoms. The van der Waals surface area contributed by atoms with Crippen molar-refractivity contribution in [2.75, 3.05) is 0 Å². The third-order valence-electron chi connectivity index (χ3n) is 4.84. The van der Waals surface area contributed by atoms with Gasteiger partial charge in [0.15, 0.2) is 0 Å². The lowest BCUT2D eigenvalue weighted by molar-refractivity contribution is 0.540. The molecule has 4 rings (SSSR count). The second kappa shape index (κ2) is 5.62. The molecule has 0 spiro atoms. The van der Waals surface area contributed by atoms with Crippen molar-refractivity contribution in [3.8, 4) is 11.1 Å². The maximum absolute atomic E-state index is 12.3. The van der Waals surface area contributed by atoms with Gasteiger partial charge in [0.1, 0.15) is 16.9 Å². The van der Waals surface area contributed by atoms with Crippen LogP contribution in [0.25, 0.3) is 33.1 Å². The molecule has 0 bridgehead atoms. The van der Waals surface area contributed by atoms with E-state index in [9.17, 15) is 4.79 Å². The average Bonchev–Trinajstić information content (AvgIpc) is 2.88. The SMILES string of the molecule is Cc1oc2cc3oc(=O)c(C(C)C)c(C)c3cc2c1-c1ccccc1. The minimum atomic E-state index is -0.258. The zero-order chi connectivity index (χ0) is 17.7. The molecule has 0 aliphatic heterocycles. The van der Waals surface area contributed by atoms with Crippen molar-refractivity contribution in [1.82, 2.24) is 0 Å². The van der Waals surface area contributed by atoms with Crippen molar-refractivity contribution in [1.29, 1.82) is 0 Å². The summed E-state index contributed by atoms with van der Waals surface area (Å²) >= 11 is 0. The highest BCUT2D eigenvalue weighted by Gasteiger charge is 2.18. The Labute approximate surface area is 145 Å². The van der Waals surface area contributed by atoms with Gasteiger partial charge in [-0.1, -0.05) is 44.2 Å². The van der Waals surface area contributed by atoms with E-state index in [2.05, 4.69) is 18.2 Å². The molecule has 2 aromatic carbocycles. The van der Waals surface area contributed by atoms with Crippen LogP contribution in [0.2, 0.25) is 0 Å².